The van der Waals surface area contributed by atoms with E-state index in [2.05, 4.69) is 4.98 Å². The summed E-state index contributed by atoms with van der Waals surface area (Å²) >= 11 is 0. The van der Waals surface area contributed by atoms with Crippen LogP contribution in [0, 0.1) is 10.1 Å². The van der Waals surface area contributed by atoms with Crippen LogP contribution in [0.25, 0.3) is 10.9 Å². The van der Waals surface area contributed by atoms with Crippen LogP contribution in [-0.4, -0.2) is 15.0 Å². The number of aromatic hydroxyl groups is 1. The summed E-state index contributed by atoms with van der Waals surface area (Å²) in [5.74, 6) is -0.145. The van der Waals surface area contributed by atoms with E-state index in [0.29, 0.717) is 10.9 Å². The Balaban J connectivity index is 2.73. The van der Waals surface area contributed by atoms with Crippen molar-refractivity contribution < 1.29 is 10.0 Å². The number of hydrogen-bond donors (Lipinski definition) is 1. The SMILES string of the molecule is O=[N+]([O-])c1ccc2c(O)cccc2n1. The first-order chi connectivity index (χ1) is 6.68. The van der Waals surface area contributed by atoms with Gasteiger partial charge in [-0.2, -0.15) is 0 Å². The van der Waals surface area contributed by atoms with Crippen molar-refractivity contribution in [2.24, 2.45) is 0 Å². The Hall–Kier alpha value is -2.17. The van der Waals surface area contributed by atoms with Crippen molar-refractivity contribution >= 4 is 16.7 Å². The average molecular weight is 190 g/mol. The molecule has 0 aliphatic heterocycles. The molecular weight excluding hydrogens is 184 g/mol. The van der Waals surface area contributed by atoms with Gasteiger partial charge in [0.25, 0.3) is 0 Å². The van der Waals surface area contributed by atoms with Crippen molar-refractivity contribution in [1.82, 2.24) is 4.98 Å². The third kappa shape index (κ3) is 1.24. The highest BCUT2D eigenvalue weighted by Crippen LogP contribution is 2.24. The van der Waals surface area contributed by atoms with E-state index in [1.807, 2.05) is 0 Å². The third-order valence-corrected chi connectivity index (χ3v) is 1.88. The zero-order valence-corrected chi connectivity index (χ0v) is 7.04. The second kappa shape index (κ2) is 2.95. The number of pyridine rings is 1. The molecule has 1 heterocycles. The van der Waals surface area contributed by atoms with Crippen molar-refractivity contribution in [3.8, 4) is 5.75 Å². The summed E-state index contributed by atoms with van der Waals surface area (Å²) in [7, 11) is 0. The molecule has 0 spiro atoms. The van der Waals surface area contributed by atoms with Gasteiger partial charge in [0.05, 0.1) is 5.39 Å². The smallest absolute Gasteiger partial charge is 0.364 e. The molecule has 2 aromatic rings. The minimum absolute atomic E-state index is 0.0740. The van der Waals surface area contributed by atoms with E-state index in [1.165, 1.54) is 18.2 Å². The minimum Gasteiger partial charge on any atom is -0.507 e. The van der Waals surface area contributed by atoms with Gasteiger partial charge in [-0.05, 0) is 28.1 Å². The summed E-state index contributed by atoms with van der Waals surface area (Å²) < 4.78 is 0. The quantitative estimate of drug-likeness (QED) is 0.549. The zero-order valence-electron chi connectivity index (χ0n) is 7.04. The molecule has 0 saturated carbocycles. The van der Waals surface area contributed by atoms with Gasteiger partial charge in [-0.3, -0.25) is 0 Å². The molecule has 0 fully saturated rings. The summed E-state index contributed by atoms with van der Waals surface area (Å²) in [6.45, 7) is 0. The molecule has 14 heavy (non-hydrogen) atoms. The predicted molar refractivity (Wildman–Crippen MR) is 50.1 cm³/mol. The van der Waals surface area contributed by atoms with Gasteiger partial charge in [0.2, 0.25) is 0 Å². The minimum atomic E-state index is -0.566. The molecule has 5 nitrogen and oxygen atoms in total. The highest BCUT2D eigenvalue weighted by molar-refractivity contribution is 5.85. The molecule has 0 aliphatic carbocycles. The third-order valence-electron chi connectivity index (χ3n) is 1.88. The number of phenols is 1. The maximum atomic E-state index is 10.4. The van der Waals surface area contributed by atoms with E-state index < -0.39 is 4.92 Å². The van der Waals surface area contributed by atoms with Gasteiger partial charge in [-0.1, -0.05) is 6.07 Å². The van der Waals surface area contributed by atoms with Crippen LogP contribution in [0.15, 0.2) is 30.3 Å². The molecule has 0 bridgehead atoms. The molecule has 0 saturated heterocycles. The number of rotatable bonds is 1. The Morgan fingerprint density at radius 1 is 1.29 bits per heavy atom. The van der Waals surface area contributed by atoms with Crippen LogP contribution in [0.4, 0.5) is 5.82 Å². The molecular formula is C9H6N2O3. The van der Waals surface area contributed by atoms with Gasteiger partial charge >= 0.3 is 5.82 Å². The molecule has 1 aromatic carbocycles. The van der Waals surface area contributed by atoms with Gasteiger partial charge < -0.3 is 15.2 Å². The van der Waals surface area contributed by atoms with Crippen LogP contribution in [0.2, 0.25) is 0 Å². The van der Waals surface area contributed by atoms with Crippen molar-refractivity contribution in [3.05, 3.63) is 40.4 Å². The molecule has 0 amide bonds. The van der Waals surface area contributed by atoms with Gasteiger partial charge in [-0.25, -0.2) is 0 Å². The monoisotopic (exact) mass is 190 g/mol. The van der Waals surface area contributed by atoms with E-state index in [4.69, 9.17) is 0 Å². The van der Waals surface area contributed by atoms with Crippen molar-refractivity contribution in [1.29, 1.82) is 0 Å². The molecule has 0 atom stereocenters. The lowest BCUT2D eigenvalue weighted by Gasteiger charge is -1.96. The summed E-state index contributed by atoms with van der Waals surface area (Å²) in [6.07, 6.45) is 0. The van der Waals surface area contributed by atoms with Crippen LogP contribution >= 0.6 is 0 Å². The first kappa shape index (κ1) is 8.43. The molecule has 5 heteroatoms. The van der Waals surface area contributed by atoms with Gasteiger partial charge in [0.15, 0.2) is 5.52 Å². The van der Waals surface area contributed by atoms with Crippen LogP contribution in [0.5, 0.6) is 5.75 Å². The fourth-order valence-electron chi connectivity index (χ4n) is 1.23. The summed E-state index contributed by atoms with van der Waals surface area (Å²) in [4.78, 5) is 13.6. The lowest BCUT2D eigenvalue weighted by molar-refractivity contribution is -0.389. The van der Waals surface area contributed by atoms with Crippen LogP contribution in [0.3, 0.4) is 0 Å². The maximum absolute atomic E-state index is 10.4. The molecule has 0 aliphatic rings. The number of aromatic nitrogens is 1. The van der Waals surface area contributed by atoms with Crippen LogP contribution < -0.4 is 0 Å². The summed E-state index contributed by atoms with van der Waals surface area (Å²) in [5.41, 5.74) is 0.416. The highest BCUT2D eigenvalue weighted by Gasteiger charge is 2.10. The molecule has 1 aromatic heterocycles. The number of phenolic OH excluding ortho intramolecular Hbond substituents is 1. The number of nitro groups is 1. The Labute approximate surface area is 78.8 Å². The van der Waals surface area contributed by atoms with Gasteiger partial charge in [-0.15, -0.1) is 0 Å². The van der Waals surface area contributed by atoms with Crippen LogP contribution in [0.1, 0.15) is 0 Å². The van der Waals surface area contributed by atoms with Crippen LogP contribution in [-0.2, 0) is 0 Å². The van der Waals surface area contributed by atoms with Gasteiger partial charge in [0.1, 0.15) is 5.75 Å². The van der Waals surface area contributed by atoms with Crippen molar-refractivity contribution in [2.45, 2.75) is 0 Å². The fraction of sp³-hybridized carbons (Fsp3) is 0. The second-order valence-electron chi connectivity index (χ2n) is 2.77. The Morgan fingerprint density at radius 3 is 2.79 bits per heavy atom. The number of hydrogen-bond acceptors (Lipinski definition) is 4. The van der Waals surface area contributed by atoms with E-state index >= 15 is 0 Å². The Bertz CT molecular complexity index is 510. The lowest BCUT2D eigenvalue weighted by Crippen LogP contribution is -1.91. The van der Waals surface area contributed by atoms with Crippen molar-refractivity contribution in [2.75, 3.05) is 0 Å². The van der Waals surface area contributed by atoms with E-state index in [-0.39, 0.29) is 11.6 Å². The largest absolute Gasteiger partial charge is 0.507 e. The number of nitrogens with zero attached hydrogens (tertiary/aromatic N) is 2. The maximum Gasteiger partial charge on any atom is 0.364 e. The van der Waals surface area contributed by atoms with E-state index in [1.54, 1.807) is 12.1 Å². The van der Waals surface area contributed by atoms with Gasteiger partial charge in [0, 0.05) is 6.07 Å². The Kier molecular flexibility index (Phi) is 1.78. The lowest BCUT2D eigenvalue weighted by atomic mass is 10.2. The summed E-state index contributed by atoms with van der Waals surface area (Å²) in [6, 6.07) is 7.46. The fourth-order valence-corrected chi connectivity index (χ4v) is 1.23. The molecule has 1 N–H and O–H groups in total. The predicted octanol–water partition coefficient (Wildman–Crippen LogP) is 1.85. The summed E-state index contributed by atoms with van der Waals surface area (Å²) in [5, 5.41) is 20.3. The molecule has 0 unspecified atom stereocenters. The molecule has 0 radical (unpaired) electrons. The second-order valence-corrected chi connectivity index (χ2v) is 2.77. The normalized spacial score (nSPS) is 10.3. The number of fused-ring (bicyclic) bond motifs is 1. The Morgan fingerprint density at radius 2 is 2.07 bits per heavy atom. The van der Waals surface area contributed by atoms with E-state index in [9.17, 15) is 15.2 Å². The highest BCUT2D eigenvalue weighted by atomic mass is 16.6. The molecule has 2 rings (SSSR count). The molecule has 70 valence electrons. The van der Waals surface area contributed by atoms with Crippen molar-refractivity contribution in [3.63, 3.8) is 0 Å². The number of benzene rings is 1. The average Bonchev–Trinajstić information content (AvgIpc) is 2.17. The standard InChI is InChI=1S/C9H6N2O3/c12-8-3-1-2-7-6(8)4-5-9(10-7)11(13)14/h1-5,12H. The van der Waals surface area contributed by atoms with E-state index in [0.717, 1.165) is 0 Å². The zero-order chi connectivity index (χ0) is 10.1. The first-order valence-electron chi connectivity index (χ1n) is 3.91. The topological polar surface area (TPSA) is 76.3 Å². The first-order valence-corrected chi connectivity index (χ1v) is 3.91.